The molecule has 3 aliphatic carbocycles. The van der Waals surface area contributed by atoms with Crippen molar-refractivity contribution in [2.75, 3.05) is 30.3 Å². The molecule has 0 spiro atoms. The monoisotopic (exact) mass is 1140 g/mol. The number of halogens is 1. The lowest BCUT2D eigenvalue weighted by Gasteiger charge is -2.24. The van der Waals surface area contributed by atoms with E-state index in [1.165, 1.54) is 16.0 Å². The molecule has 9 N–H and O–H groups in total. The van der Waals surface area contributed by atoms with Crippen LogP contribution in [0.4, 0.5) is 16.3 Å². The average molecular weight is 1140 g/mol. The number of anilines is 2. The molecule has 4 aliphatic rings. The SMILES string of the molecule is CC(C)[C@@H](NC(=O)CCCCCN1C(=O)C2=C(C2)C1=O)C(=O)C[C@H](CCCNC(N)=O)C(=O)Nc1ccc(C[n+]2cnc(N[C@H]3CCc4ccccc43)c3ccn([C@@H]4C[C@@H](COS(N)(=O)=O)[C@@H](O)C4)c32)cc1.I. The molecule has 4 aromatic rings. The van der Waals surface area contributed by atoms with Gasteiger partial charge in [-0.05, 0) is 85.8 Å². The van der Waals surface area contributed by atoms with E-state index in [1.54, 1.807) is 18.5 Å². The predicted octanol–water partition coefficient (Wildman–Crippen LogP) is 4.35. The van der Waals surface area contributed by atoms with Crippen molar-refractivity contribution in [2.45, 2.75) is 122 Å². The fraction of sp³-hybridized carbons (Fsp3) is 0.490. The molecule has 6 atom stereocenters. The minimum Gasteiger partial charge on any atom is -0.393 e. The van der Waals surface area contributed by atoms with Crippen molar-refractivity contribution < 1.29 is 51.0 Å². The number of Topliss-reactive ketones (excluding diaryl/α,β-unsaturated/α-hetero) is 1. The number of aliphatic hydroxyl groups excluding tert-OH is 1. The van der Waals surface area contributed by atoms with Crippen molar-refractivity contribution in [1.29, 1.82) is 0 Å². The number of nitrogens with two attached hydrogens (primary N) is 2. The molecule has 0 bridgehead atoms. The maximum absolute atomic E-state index is 14.0. The lowest BCUT2D eigenvalue weighted by Crippen LogP contribution is -2.45. The molecular formula is C51H66IN10O10S+. The van der Waals surface area contributed by atoms with Crippen LogP contribution in [0.15, 0.2) is 78.3 Å². The van der Waals surface area contributed by atoms with Crippen LogP contribution in [0.25, 0.3) is 11.0 Å². The first-order chi connectivity index (χ1) is 34.4. The second kappa shape index (κ2) is 24.0. The van der Waals surface area contributed by atoms with E-state index in [9.17, 15) is 42.3 Å². The number of amides is 6. The van der Waals surface area contributed by atoms with Gasteiger partial charge in [-0.3, -0.25) is 37.6 Å². The number of rotatable bonds is 25. The molecule has 1 fully saturated rings. The smallest absolute Gasteiger partial charge is 0.333 e. The third kappa shape index (κ3) is 13.7. The number of piperidine rings is 1. The number of aromatic nitrogens is 3. The summed E-state index contributed by atoms with van der Waals surface area (Å²) in [5.41, 5.74) is 11.3. The van der Waals surface area contributed by atoms with Crippen LogP contribution in [-0.4, -0.2) is 95.3 Å². The first-order valence-electron chi connectivity index (χ1n) is 24.9. The Bertz CT molecular complexity index is 2850. The van der Waals surface area contributed by atoms with Gasteiger partial charge in [-0.25, -0.2) is 14.5 Å². The number of carbonyl (C=O) groups excluding carboxylic acids is 6. The Morgan fingerprint density at radius 1 is 0.973 bits per heavy atom. The number of nitrogens with one attached hydrogen (secondary N) is 4. The van der Waals surface area contributed by atoms with Crippen molar-refractivity contribution in [3.63, 3.8) is 0 Å². The van der Waals surface area contributed by atoms with Crippen LogP contribution in [0.1, 0.15) is 113 Å². The highest BCUT2D eigenvalue weighted by Crippen LogP contribution is 2.41. The predicted molar refractivity (Wildman–Crippen MR) is 281 cm³/mol. The standard InChI is InChI=1S/C51H64N10O10S.HI/c1-30(2)45(58-44(64)12-4-3-7-21-61-49(66)39-26-40(39)50(61)67)43(63)24-33(10-8-20-54-51(52)68)47(65)56-35-16-13-31(14-17-35)27-59-29-55-46(57-41-18-15-32-9-5-6-11-37(32)41)38-19-22-60(48(38)59)36-23-34(42(62)25-36)28-71-72(53,69)70;/h5-6,9,11,13-14,16-17,19,22,29-30,33-34,36,41-42,45,62H,3-4,7-8,10,12,15,18,20-21,23-28H2,1-2H3,(H7,52,53,54,56,58,64,65,68,69,70);1H/p+1/t33-,34-,36+,41-,42-,45+;/m0./s1. The number of nitrogens with zero attached hydrogens (tertiary/aromatic N) is 4. The molecule has 1 aliphatic heterocycles. The Balaban J connectivity index is 0.00000780. The van der Waals surface area contributed by atoms with Crippen molar-refractivity contribution in [3.8, 4) is 0 Å². The van der Waals surface area contributed by atoms with E-state index in [1.807, 2.05) is 54.9 Å². The van der Waals surface area contributed by atoms with Gasteiger partial charge in [-0.15, -0.1) is 24.0 Å². The Hall–Kier alpha value is -5.82. The largest absolute Gasteiger partial charge is 0.393 e. The molecule has 20 nitrogen and oxygen atoms in total. The zero-order valence-corrected chi connectivity index (χ0v) is 44.2. The highest BCUT2D eigenvalue weighted by atomic mass is 127. The summed E-state index contributed by atoms with van der Waals surface area (Å²) in [6.45, 7) is 4.31. The summed E-state index contributed by atoms with van der Waals surface area (Å²) in [4.78, 5) is 82.9. The fourth-order valence-electron chi connectivity index (χ4n) is 10.4. The van der Waals surface area contributed by atoms with Crippen molar-refractivity contribution >= 4 is 92.3 Å². The number of imide groups is 1. The number of urea groups is 1. The summed E-state index contributed by atoms with van der Waals surface area (Å²) >= 11 is 0. The van der Waals surface area contributed by atoms with Gasteiger partial charge in [0.2, 0.25) is 29.6 Å². The van der Waals surface area contributed by atoms with Crippen LogP contribution >= 0.6 is 24.0 Å². The van der Waals surface area contributed by atoms with E-state index >= 15 is 0 Å². The number of ketones is 1. The number of unbranched alkanes of at least 4 members (excludes halogenated alkanes) is 2. The third-order valence-corrected chi connectivity index (χ3v) is 14.8. The topological polar surface area (TPSA) is 291 Å². The molecule has 73 heavy (non-hydrogen) atoms. The first kappa shape index (κ1) is 54.9. The third-order valence-electron chi connectivity index (χ3n) is 14.3. The van der Waals surface area contributed by atoms with Gasteiger partial charge in [0.05, 0.1) is 43.6 Å². The molecule has 0 unspecified atom stereocenters. The molecule has 2 aromatic heterocycles. The highest BCUT2D eigenvalue weighted by molar-refractivity contribution is 14.0. The second-order valence-corrected chi connectivity index (χ2v) is 21.0. The molecule has 8 rings (SSSR count). The average Bonchev–Trinajstić information content (AvgIpc) is 3.52. The maximum atomic E-state index is 14.0. The molecule has 0 radical (unpaired) electrons. The number of fused-ring (bicyclic) bond motifs is 2. The molecule has 3 heterocycles. The molecule has 2 aromatic carbocycles. The Kier molecular flexibility index (Phi) is 18.1. The van der Waals surface area contributed by atoms with Crippen LogP contribution in [0.2, 0.25) is 0 Å². The van der Waals surface area contributed by atoms with Gasteiger partial charge >= 0.3 is 16.3 Å². The fourth-order valence-corrected chi connectivity index (χ4v) is 10.8. The Morgan fingerprint density at radius 3 is 2.42 bits per heavy atom. The zero-order chi connectivity index (χ0) is 51.3. The molecular weight excluding hydrogens is 1070 g/mol. The minimum absolute atomic E-state index is 0. The summed E-state index contributed by atoms with van der Waals surface area (Å²) in [5, 5.41) is 29.0. The summed E-state index contributed by atoms with van der Waals surface area (Å²) in [6.07, 6.45) is 8.42. The van der Waals surface area contributed by atoms with E-state index in [2.05, 4.69) is 38.0 Å². The number of carbonyl (C=O) groups is 6. The van der Waals surface area contributed by atoms with Gasteiger partial charge in [0, 0.05) is 67.4 Å². The number of hydrogen-bond donors (Lipinski definition) is 7. The van der Waals surface area contributed by atoms with Gasteiger partial charge in [-0.2, -0.15) is 8.42 Å². The van der Waals surface area contributed by atoms with Crippen LogP contribution in [0.3, 0.4) is 0 Å². The van der Waals surface area contributed by atoms with Gasteiger partial charge in [0.1, 0.15) is 5.39 Å². The molecule has 6 amide bonds. The van der Waals surface area contributed by atoms with Crippen LogP contribution in [-0.2, 0) is 51.4 Å². The lowest BCUT2D eigenvalue weighted by atomic mass is 9.89. The van der Waals surface area contributed by atoms with E-state index in [0.717, 1.165) is 29.4 Å². The maximum Gasteiger partial charge on any atom is 0.333 e. The number of hydrogen-bond acceptors (Lipinski definition) is 12. The first-order valence-corrected chi connectivity index (χ1v) is 26.3. The zero-order valence-electron chi connectivity index (χ0n) is 41.1. The van der Waals surface area contributed by atoms with Crippen LogP contribution in [0, 0.1) is 17.8 Å². The van der Waals surface area contributed by atoms with Gasteiger partial charge < -0.3 is 32.1 Å². The summed E-state index contributed by atoms with van der Waals surface area (Å²) in [5.74, 6) is -2.23. The number of aliphatic hydroxyl groups is 1. The van der Waals surface area contributed by atoms with Gasteiger partial charge in [0.25, 0.3) is 11.8 Å². The van der Waals surface area contributed by atoms with Gasteiger partial charge in [0.15, 0.2) is 5.78 Å². The minimum atomic E-state index is -4.18. The second-order valence-electron chi connectivity index (χ2n) is 19.8. The van der Waals surface area contributed by atoms with Crippen LogP contribution < -0.4 is 36.7 Å². The quantitative estimate of drug-likeness (QED) is 0.0211. The molecule has 22 heteroatoms. The van der Waals surface area contributed by atoms with E-state index in [0.29, 0.717) is 80.7 Å². The van der Waals surface area contributed by atoms with Crippen molar-refractivity contribution in [3.05, 3.63) is 95.0 Å². The van der Waals surface area contributed by atoms with E-state index in [4.69, 9.17) is 20.0 Å². The number of primary amides is 1. The number of likely N-dealkylation sites (tertiary alicyclic amines) is 1. The summed E-state index contributed by atoms with van der Waals surface area (Å²) in [7, 11) is -4.18. The molecule has 1 saturated carbocycles. The van der Waals surface area contributed by atoms with Crippen molar-refractivity contribution in [1.82, 2.24) is 25.1 Å². The number of aryl methyl sites for hydroxylation is 1. The molecule has 0 saturated heterocycles. The molecule has 392 valence electrons. The Labute approximate surface area is 441 Å². The van der Waals surface area contributed by atoms with E-state index < -0.39 is 46.2 Å². The lowest BCUT2D eigenvalue weighted by molar-refractivity contribution is -0.668. The normalized spacial score (nSPS) is 19.9. The van der Waals surface area contributed by atoms with Crippen molar-refractivity contribution in [2.24, 2.45) is 28.6 Å². The van der Waals surface area contributed by atoms with Crippen LogP contribution in [0.5, 0.6) is 0 Å². The summed E-state index contributed by atoms with van der Waals surface area (Å²) < 4.78 is 32.2. The van der Waals surface area contributed by atoms with E-state index in [-0.39, 0.29) is 97.9 Å². The van der Waals surface area contributed by atoms with Gasteiger partial charge in [-0.1, -0.05) is 61.7 Å². The summed E-state index contributed by atoms with van der Waals surface area (Å²) in [6, 6.07) is 16.0. The highest BCUT2D eigenvalue weighted by Gasteiger charge is 2.47. The Morgan fingerprint density at radius 2 is 1.71 bits per heavy atom. The number of benzene rings is 2.